The van der Waals surface area contributed by atoms with Crippen LogP contribution in [0.15, 0.2) is 0 Å². The Morgan fingerprint density at radius 1 is 1.00 bits per heavy atom. The number of carboxylic acid groups (broad SMARTS) is 1. The highest BCUT2D eigenvalue weighted by Gasteiger charge is 2.28. The minimum absolute atomic E-state index is 0.204. The number of nitrogens with one attached hydrogen (secondary N) is 3. The van der Waals surface area contributed by atoms with E-state index in [1.54, 1.807) is 6.26 Å². The third kappa shape index (κ3) is 9.53. The van der Waals surface area contributed by atoms with Crippen molar-refractivity contribution >= 4 is 41.4 Å². The Labute approximate surface area is 166 Å². The van der Waals surface area contributed by atoms with Crippen molar-refractivity contribution in [1.82, 2.24) is 16.0 Å². The molecule has 0 aliphatic heterocycles. The first-order valence-corrected chi connectivity index (χ1v) is 9.70. The van der Waals surface area contributed by atoms with Crippen LogP contribution in [0.3, 0.4) is 0 Å². The molecule has 9 N–H and O–H groups in total. The predicted molar refractivity (Wildman–Crippen MR) is 101 cm³/mol. The van der Waals surface area contributed by atoms with Crippen molar-refractivity contribution in [2.45, 2.75) is 43.9 Å². The van der Waals surface area contributed by atoms with Gasteiger partial charge in [-0.2, -0.15) is 11.8 Å². The van der Waals surface area contributed by atoms with E-state index in [9.17, 15) is 29.1 Å². The van der Waals surface area contributed by atoms with Crippen LogP contribution in [0.25, 0.3) is 0 Å². The third-order valence-corrected chi connectivity index (χ3v) is 4.19. The summed E-state index contributed by atoms with van der Waals surface area (Å²) in [7, 11) is 0. The fraction of sp³-hybridized carbons (Fsp3) is 0.667. The number of aliphatic hydroxyl groups excluding tert-OH is 1. The van der Waals surface area contributed by atoms with Gasteiger partial charge in [0.2, 0.25) is 23.6 Å². The quantitative estimate of drug-likeness (QED) is 0.157. The Hall–Kier alpha value is -2.38. The van der Waals surface area contributed by atoms with Crippen LogP contribution < -0.4 is 27.4 Å². The van der Waals surface area contributed by atoms with Crippen molar-refractivity contribution in [3.63, 3.8) is 0 Å². The standard InChI is InChI=1S/C15H27N5O7S/c1-7(12(23)19-9(15(26)27)3-4-28-2)18-14(25)10(6-21)20-13(24)8(16)5-11(17)22/h7-10,21H,3-6,16H2,1-2H3,(H2,17,22)(H,18,25)(H,19,23)(H,20,24)(H,26,27). The number of thioether (sulfide) groups is 1. The Bertz CT molecular complexity index is 589. The molecule has 0 bridgehead atoms. The van der Waals surface area contributed by atoms with Gasteiger partial charge >= 0.3 is 5.97 Å². The van der Waals surface area contributed by atoms with Gasteiger partial charge in [-0.25, -0.2) is 4.79 Å². The van der Waals surface area contributed by atoms with Gasteiger partial charge in [0.1, 0.15) is 18.1 Å². The van der Waals surface area contributed by atoms with Crippen LogP contribution in [0.4, 0.5) is 0 Å². The molecule has 0 saturated carbocycles. The highest BCUT2D eigenvalue weighted by atomic mass is 32.2. The Morgan fingerprint density at radius 3 is 2.04 bits per heavy atom. The predicted octanol–water partition coefficient (Wildman–Crippen LogP) is -3.51. The molecule has 0 fully saturated rings. The van der Waals surface area contributed by atoms with Crippen LogP contribution in [-0.2, 0) is 24.0 Å². The van der Waals surface area contributed by atoms with Crippen LogP contribution in [0.1, 0.15) is 19.8 Å². The summed E-state index contributed by atoms with van der Waals surface area (Å²) >= 11 is 1.42. The van der Waals surface area contributed by atoms with Gasteiger partial charge in [0.25, 0.3) is 0 Å². The molecule has 0 aromatic rings. The summed E-state index contributed by atoms with van der Waals surface area (Å²) in [5, 5.41) is 25.1. The van der Waals surface area contributed by atoms with E-state index in [4.69, 9.17) is 16.6 Å². The second-order valence-corrected chi connectivity index (χ2v) is 6.92. The van der Waals surface area contributed by atoms with Crippen molar-refractivity contribution in [1.29, 1.82) is 0 Å². The Morgan fingerprint density at radius 2 is 1.57 bits per heavy atom. The fourth-order valence-corrected chi connectivity index (χ4v) is 2.42. The molecule has 0 aromatic heterocycles. The first-order chi connectivity index (χ1) is 13.0. The Kier molecular flexibility index (Phi) is 11.8. The summed E-state index contributed by atoms with van der Waals surface area (Å²) < 4.78 is 0. The van der Waals surface area contributed by atoms with Gasteiger partial charge in [0, 0.05) is 0 Å². The summed E-state index contributed by atoms with van der Waals surface area (Å²) in [6.45, 7) is 0.524. The smallest absolute Gasteiger partial charge is 0.326 e. The molecule has 0 aliphatic rings. The maximum atomic E-state index is 12.1. The summed E-state index contributed by atoms with van der Waals surface area (Å²) in [6.07, 6.45) is 1.55. The average molecular weight is 421 g/mol. The maximum Gasteiger partial charge on any atom is 0.326 e. The zero-order chi connectivity index (χ0) is 21.9. The van der Waals surface area contributed by atoms with E-state index in [-0.39, 0.29) is 6.42 Å². The first kappa shape index (κ1) is 25.6. The summed E-state index contributed by atoms with van der Waals surface area (Å²) in [5.74, 6) is -4.01. The molecular weight excluding hydrogens is 394 g/mol. The van der Waals surface area contributed by atoms with Crippen LogP contribution in [0, 0.1) is 0 Å². The molecule has 0 saturated heterocycles. The van der Waals surface area contributed by atoms with Gasteiger partial charge in [0.05, 0.1) is 19.1 Å². The summed E-state index contributed by atoms with van der Waals surface area (Å²) in [6, 6.07) is -4.96. The number of hydrogen-bond donors (Lipinski definition) is 7. The van der Waals surface area contributed by atoms with Gasteiger partial charge in [0.15, 0.2) is 0 Å². The second kappa shape index (κ2) is 12.9. The minimum atomic E-state index is -1.42. The van der Waals surface area contributed by atoms with Crippen molar-refractivity contribution in [2.75, 3.05) is 18.6 Å². The number of nitrogens with two attached hydrogens (primary N) is 2. The van der Waals surface area contributed by atoms with Crippen molar-refractivity contribution < 1.29 is 34.2 Å². The van der Waals surface area contributed by atoms with Gasteiger partial charge in [-0.05, 0) is 25.4 Å². The number of amides is 4. The van der Waals surface area contributed by atoms with E-state index >= 15 is 0 Å². The zero-order valence-corrected chi connectivity index (χ0v) is 16.5. The van der Waals surface area contributed by atoms with E-state index in [1.807, 2.05) is 0 Å². The first-order valence-electron chi connectivity index (χ1n) is 8.31. The molecule has 13 heteroatoms. The van der Waals surface area contributed by atoms with Gasteiger partial charge in [-0.1, -0.05) is 0 Å². The molecule has 160 valence electrons. The molecule has 0 aromatic carbocycles. The molecule has 4 unspecified atom stereocenters. The molecule has 0 aliphatic carbocycles. The number of carboxylic acids is 1. The van der Waals surface area contributed by atoms with Crippen molar-refractivity contribution in [3.05, 3.63) is 0 Å². The number of carbonyl (C=O) groups is 5. The average Bonchev–Trinajstić information content (AvgIpc) is 2.61. The van der Waals surface area contributed by atoms with E-state index in [1.165, 1.54) is 18.7 Å². The second-order valence-electron chi connectivity index (χ2n) is 5.93. The Balaban J connectivity index is 4.77. The van der Waals surface area contributed by atoms with E-state index < -0.39 is 66.8 Å². The zero-order valence-electron chi connectivity index (χ0n) is 15.6. The van der Waals surface area contributed by atoms with Crippen molar-refractivity contribution in [3.8, 4) is 0 Å². The molecule has 4 amide bonds. The highest BCUT2D eigenvalue weighted by Crippen LogP contribution is 2.02. The SMILES string of the molecule is CSCCC(NC(=O)C(C)NC(=O)C(CO)NC(=O)C(N)CC(N)=O)C(=O)O. The third-order valence-electron chi connectivity index (χ3n) is 3.55. The molecule has 0 rings (SSSR count). The minimum Gasteiger partial charge on any atom is -0.480 e. The molecule has 0 radical (unpaired) electrons. The molecule has 28 heavy (non-hydrogen) atoms. The van der Waals surface area contributed by atoms with Crippen LogP contribution in [0.5, 0.6) is 0 Å². The van der Waals surface area contributed by atoms with Crippen LogP contribution >= 0.6 is 11.8 Å². The number of aliphatic hydroxyl groups is 1. The monoisotopic (exact) mass is 421 g/mol. The summed E-state index contributed by atoms with van der Waals surface area (Å²) in [4.78, 5) is 58.0. The van der Waals surface area contributed by atoms with Gasteiger partial charge in [-0.15, -0.1) is 0 Å². The molecule has 4 atom stereocenters. The number of primary amides is 1. The normalized spacial score (nSPS) is 14.9. The topological polar surface area (TPSA) is 214 Å². The van der Waals surface area contributed by atoms with Crippen LogP contribution in [-0.4, -0.2) is 82.6 Å². The summed E-state index contributed by atoms with van der Waals surface area (Å²) in [5.41, 5.74) is 10.4. The maximum absolute atomic E-state index is 12.1. The number of rotatable bonds is 13. The molecule has 0 heterocycles. The molecule has 0 spiro atoms. The number of hydrogen-bond acceptors (Lipinski definition) is 8. The lowest BCUT2D eigenvalue weighted by Gasteiger charge is -2.22. The van der Waals surface area contributed by atoms with E-state index in [2.05, 4.69) is 16.0 Å². The largest absolute Gasteiger partial charge is 0.480 e. The highest BCUT2D eigenvalue weighted by molar-refractivity contribution is 7.98. The van der Waals surface area contributed by atoms with Gasteiger partial charge in [-0.3, -0.25) is 19.2 Å². The number of aliphatic carboxylic acids is 1. The van der Waals surface area contributed by atoms with Gasteiger partial charge < -0.3 is 37.6 Å². The lowest BCUT2D eigenvalue weighted by Crippen LogP contribution is -2.57. The lowest BCUT2D eigenvalue weighted by molar-refractivity contribution is -0.142. The van der Waals surface area contributed by atoms with Crippen LogP contribution in [0.2, 0.25) is 0 Å². The van der Waals surface area contributed by atoms with E-state index in [0.29, 0.717) is 5.75 Å². The van der Waals surface area contributed by atoms with E-state index in [0.717, 1.165) is 0 Å². The van der Waals surface area contributed by atoms with Crippen molar-refractivity contribution in [2.24, 2.45) is 11.5 Å². The lowest BCUT2D eigenvalue weighted by atomic mass is 10.1. The number of carbonyl (C=O) groups excluding carboxylic acids is 4. The molecule has 12 nitrogen and oxygen atoms in total. The fourth-order valence-electron chi connectivity index (χ4n) is 1.95. The molecular formula is C15H27N5O7S.